The van der Waals surface area contributed by atoms with Crippen molar-refractivity contribution in [3.8, 4) is 5.69 Å². The highest BCUT2D eigenvalue weighted by Crippen LogP contribution is 2.22. The topological polar surface area (TPSA) is 56.2 Å². The molecule has 0 aliphatic carbocycles. The maximum atomic E-state index is 12.8. The van der Waals surface area contributed by atoms with E-state index in [4.69, 9.17) is 16.3 Å². The van der Waals surface area contributed by atoms with Crippen LogP contribution in [0.25, 0.3) is 5.69 Å². The van der Waals surface area contributed by atoms with Crippen LogP contribution in [-0.2, 0) is 17.6 Å². The van der Waals surface area contributed by atoms with E-state index in [-0.39, 0.29) is 12.0 Å². The summed E-state index contributed by atoms with van der Waals surface area (Å²) in [7, 11) is 0. The Morgan fingerprint density at radius 3 is 2.68 bits per heavy atom. The molecule has 1 N–H and O–H groups in total. The van der Waals surface area contributed by atoms with E-state index >= 15 is 0 Å². The van der Waals surface area contributed by atoms with Gasteiger partial charge in [0.25, 0.3) is 5.91 Å². The molecule has 1 aliphatic heterocycles. The fraction of sp³-hybridized carbons (Fsp3) is 0.474. The van der Waals surface area contributed by atoms with Crippen LogP contribution in [0.3, 0.4) is 0 Å². The summed E-state index contributed by atoms with van der Waals surface area (Å²) in [5.41, 5.74) is 3.34. The molecule has 1 atom stereocenters. The van der Waals surface area contributed by atoms with Gasteiger partial charge in [-0.05, 0) is 49.9 Å². The van der Waals surface area contributed by atoms with E-state index in [0.717, 1.165) is 42.9 Å². The molecule has 6 heteroatoms. The van der Waals surface area contributed by atoms with Crippen LogP contribution in [0, 0.1) is 0 Å². The summed E-state index contributed by atoms with van der Waals surface area (Å²) in [4.78, 5) is 12.8. The molecule has 2 aromatic rings. The predicted octanol–water partition coefficient (Wildman–Crippen LogP) is 3.56. The zero-order valence-electron chi connectivity index (χ0n) is 14.7. The van der Waals surface area contributed by atoms with Gasteiger partial charge in [0.1, 0.15) is 0 Å². The van der Waals surface area contributed by atoms with E-state index in [1.807, 2.05) is 42.8 Å². The number of carbonyl (C=O) groups is 1. The lowest BCUT2D eigenvalue weighted by Crippen LogP contribution is -2.32. The van der Waals surface area contributed by atoms with Crippen molar-refractivity contribution in [2.45, 2.75) is 45.6 Å². The van der Waals surface area contributed by atoms with Crippen LogP contribution in [0.15, 0.2) is 24.3 Å². The van der Waals surface area contributed by atoms with Crippen molar-refractivity contribution in [1.82, 2.24) is 15.1 Å². The Labute approximate surface area is 153 Å². The Balaban J connectivity index is 1.89. The third-order valence-corrected chi connectivity index (χ3v) is 4.79. The number of nitrogens with one attached hydrogen (secondary N) is 1. The van der Waals surface area contributed by atoms with Gasteiger partial charge in [-0.2, -0.15) is 5.10 Å². The molecular formula is C19H24ClN3O2. The summed E-state index contributed by atoms with van der Waals surface area (Å²) in [5.74, 6) is -0.0654. The lowest BCUT2D eigenvalue weighted by molar-refractivity contribution is 0.0856. The maximum Gasteiger partial charge on any atom is 0.255 e. The quantitative estimate of drug-likeness (QED) is 0.855. The molecule has 25 heavy (non-hydrogen) atoms. The van der Waals surface area contributed by atoms with Crippen LogP contribution in [-0.4, -0.2) is 34.9 Å². The number of ether oxygens (including phenoxy) is 1. The zero-order valence-corrected chi connectivity index (χ0v) is 15.5. The Hall–Kier alpha value is -1.85. The first-order valence-corrected chi connectivity index (χ1v) is 9.28. The third-order valence-electron chi connectivity index (χ3n) is 4.54. The first kappa shape index (κ1) is 18.0. The SMILES string of the molecule is CCc1nn(-c2ccc(Cl)cc2)c(CC)c1C(=O)NCC1CCCO1. The van der Waals surface area contributed by atoms with Gasteiger partial charge in [0.05, 0.1) is 28.7 Å². The average Bonchev–Trinajstić information content (AvgIpc) is 3.27. The van der Waals surface area contributed by atoms with E-state index in [2.05, 4.69) is 10.4 Å². The summed E-state index contributed by atoms with van der Waals surface area (Å²) in [5, 5.41) is 8.39. The minimum Gasteiger partial charge on any atom is -0.376 e. The van der Waals surface area contributed by atoms with Crippen LogP contribution in [0.5, 0.6) is 0 Å². The zero-order chi connectivity index (χ0) is 17.8. The number of amides is 1. The molecule has 1 aliphatic rings. The highest BCUT2D eigenvalue weighted by molar-refractivity contribution is 6.30. The molecule has 0 bridgehead atoms. The number of nitrogens with zero attached hydrogens (tertiary/aromatic N) is 2. The predicted molar refractivity (Wildman–Crippen MR) is 98.6 cm³/mol. The smallest absolute Gasteiger partial charge is 0.255 e. The highest BCUT2D eigenvalue weighted by Gasteiger charge is 2.24. The first-order valence-electron chi connectivity index (χ1n) is 8.90. The highest BCUT2D eigenvalue weighted by atomic mass is 35.5. The van der Waals surface area contributed by atoms with Gasteiger partial charge < -0.3 is 10.1 Å². The second-order valence-electron chi connectivity index (χ2n) is 6.21. The summed E-state index contributed by atoms with van der Waals surface area (Å²) < 4.78 is 7.45. The third kappa shape index (κ3) is 3.88. The van der Waals surface area contributed by atoms with Gasteiger partial charge in [-0.25, -0.2) is 4.68 Å². The summed E-state index contributed by atoms with van der Waals surface area (Å²) in [6.45, 7) is 5.40. The minimum absolute atomic E-state index is 0.0654. The summed E-state index contributed by atoms with van der Waals surface area (Å²) in [6.07, 6.45) is 3.63. The van der Waals surface area contributed by atoms with Crippen LogP contribution in [0.2, 0.25) is 5.02 Å². The van der Waals surface area contributed by atoms with Gasteiger partial charge in [-0.15, -0.1) is 0 Å². The van der Waals surface area contributed by atoms with Gasteiger partial charge in [-0.1, -0.05) is 25.4 Å². The number of carbonyl (C=O) groups excluding carboxylic acids is 1. The molecule has 1 unspecified atom stereocenters. The molecule has 134 valence electrons. The Bertz CT molecular complexity index is 734. The summed E-state index contributed by atoms with van der Waals surface area (Å²) >= 11 is 5.98. The molecule has 1 aromatic carbocycles. The largest absolute Gasteiger partial charge is 0.376 e. The summed E-state index contributed by atoms with van der Waals surface area (Å²) in [6, 6.07) is 7.51. The van der Waals surface area contributed by atoms with Crippen LogP contribution in [0.4, 0.5) is 0 Å². The molecule has 0 radical (unpaired) electrons. The Morgan fingerprint density at radius 1 is 1.32 bits per heavy atom. The Kier molecular flexibility index (Phi) is 5.76. The van der Waals surface area contributed by atoms with Gasteiger partial charge in [0, 0.05) is 18.2 Å². The number of aromatic nitrogens is 2. The number of halogens is 1. The minimum atomic E-state index is -0.0654. The number of rotatable bonds is 6. The molecule has 3 rings (SSSR count). The van der Waals surface area contributed by atoms with E-state index in [9.17, 15) is 4.79 Å². The lowest BCUT2D eigenvalue weighted by Gasteiger charge is -2.12. The van der Waals surface area contributed by atoms with Gasteiger partial charge in [0.2, 0.25) is 0 Å². The fourth-order valence-corrected chi connectivity index (χ4v) is 3.36. The van der Waals surface area contributed by atoms with E-state index in [0.29, 0.717) is 23.6 Å². The van der Waals surface area contributed by atoms with E-state index < -0.39 is 0 Å². The molecule has 1 aromatic heterocycles. The normalized spacial score (nSPS) is 17.0. The molecule has 0 spiro atoms. The average molecular weight is 362 g/mol. The van der Waals surface area contributed by atoms with Crippen molar-refractivity contribution in [3.63, 3.8) is 0 Å². The number of benzene rings is 1. The molecule has 2 heterocycles. The van der Waals surface area contributed by atoms with Gasteiger partial charge in [-0.3, -0.25) is 4.79 Å². The maximum absolute atomic E-state index is 12.8. The first-order chi connectivity index (χ1) is 12.1. The fourth-order valence-electron chi connectivity index (χ4n) is 3.24. The van der Waals surface area contributed by atoms with E-state index in [1.54, 1.807) is 0 Å². The standard InChI is InChI=1S/C19H24ClN3O2/c1-3-16-18(19(24)21-12-15-6-5-11-25-15)17(4-2)23(22-16)14-9-7-13(20)8-10-14/h7-10,15H,3-6,11-12H2,1-2H3,(H,21,24). The number of aryl methyl sites for hydroxylation is 1. The second kappa shape index (κ2) is 8.02. The Morgan fingerprint density at radius 2 is 2.08 bits per heavy atom. The van der Waals surface area contributed by atoms with Crippen molar-refractivity contribution in [2.75, 3.05) is 13.2 Å². The molecule has 1 fully saturated rings. The van der Waals surface area contributed by atoms with Gasteiger partial charge >= 0.3 is 0 Å². The van der Waals surface area contributed by atoms with Crippen molar-refractivity contribution in [3.05, 3.63) is 46.2 Å². The molecule has 5 nitrogen and oxygen atoms in total. The lowest BCUT2D eigenvalue weighted by atomic mass is 10.1. The molecule has 1 amide bonds. The van der Waals surface area contributed by atoms with Crippen molar-refractivity contribution >= 4 is 17.5 Å². The van der Waals surface area contributed by atoms with Crippen LogP contribution >= 0.6 is 11.6 Å². The van der Waals surface area contributed by atoms with Gasteiger partial charge in [0.15, 0.2) is 0 Å². The van der Waals surface area contributed by atoms with Crippen LogP contribution in [0.1, 0.15) is 48.4 Å². The van der Waals surface area contributed by atoms with Crippen molar-refractivity contribution in [2.24, 2.45) is 0 Å². The number of hydrogen-bond acceptors (Lipinski definition) is 3. The monoisotopic (exact) mass is 361 g/mol. The number of hydrogen-bond donors (Lipinski definition) is 1. The van der Waals surface area contributed by atoms with Crippen LogP contribution < -0.4 is 5.32 Å². The molecular weight excluding hydrogens is 338 g/mol. The van der Waals surface area contributed by atoms with Crippen molar-refractivity contribution in [1.29, 1.82) is 0 Å². The van der Waals surface area contributed by atoms with Crippen molar-refractivity contribution < 1.29 is 9.53 Å². The molecule has 1 saturated heterocycles. The van der Waals surface area contributed by atoms with E-state index in [1.165, 1.54) is 0 Å². The molecule has 0 saturated carbocycles. The second-order valence-corrected chi connectivity index (χ2v) is 6.65.